The van der Waals surface area contributed by atoms with Crippen molar-refractivity contribution < 1.29 is 0 Å². The smallest absolute Gasteiger partial charge is 0.140 e. The van der Waals surface area contributed by atoms with E-state index in [1.165, 1.54) is 19.3 Å². The van der Waals surface area contributed by atoms with Gasteiger partial charge in [-0.05, 0) is 18.8 Å². The average molecular weight is 194 g/mol. The molecule has 1 aliphatic carbocycles. The van der Waals surface area contributed by atoms with Gasteiger partial charge in [0.2, 0.25) is 0 Å². The number of aromatic nitrogens is 3. The molecule has 1 aliphatic rings. The molecule has 1 fully saturated rings. The van der Waals surface area contributed by atoms with Gasteiger partial charge in [-0.3, -0.25) is 4.68 Å². The first-order valence-corrected chi connectivity index (χ1v) is 5.37. The zero-order valence-electron chi connectivity index (χ0n) is 8.90. The Hall–Kier alpha value is -0.900. The van der Waals surface area contributed by atoms with Gasteiger partial charge in [0.1, 0.15) is 12.2 Å². The van der Waals surface area contributed by atoms with E-state index in [4.69, 9.17) is 0 Å². The molecule has 2 rings (SSSR count). The van der Waals surface area contributed by atoms with Crippen LogP contribution >= 0.6 is 0 Å². The Bertz CT molecular complexity index is 294. The first-order valence-electron chi connectivity index (χ1n) is 5.37. The summed E-state index contributed by atoms with van der Waals surface area (Å²) in [6, 6.07) is 0.728. The molecule has 4 heteroatoms. The van der Waals surface area contributed by atoms with Crippen molar-refractivity contribution in [2.45, 2.75) is 38.8 Å². The van der Waals surface area contributed by atoms with Gasteiger partial charge in [-0.2, -0.15) is 5.10 Å². The van der Waals surface area contributed by atoms with Crippen molar-refractivity contribution in [3.05, 3.63) is 12.2 Å². The second-order valence-electron chi connectivity index (χ2n) is 4.07. The molecule has 14 heavy (non-hydrogen) atoms. The molecule has 1 N–H and O–H groups in total. The molecule has 0 aromatic carbocycles. The topological polar surface area (TPSA) is 42.7 Å². The van der Waals surface area contributed by atoms with Crippen LogP contribution in [0.3, 0.4) is 0 Å². The number of hydrogen-bond donors (Lipinski definition) is 1. The van der Waals surface area contributed by atoms with Crippen LogP contribution in [0.25, 0.3) is 0 Å². The van der Waals surface area contributed by atoms with E-state index in [9.17, 15) is 0 Å². The summed E-state index contributed by atoms with van der Waals surface area (Å²) in [4.78, 5) is 4.18. The lowest BCUT2D eigenvalue weighted by Crippen LogP contribution is -2.20. The first kappa shape index (κ1) is 9.65. The standard InChI is InChI=1S/C10H18N4/c1-3-4-8-5-9(8)11-6-10-12-7-13-14(10)2/h7-9,11H,3-6H2,1-2H3. The Morgan fingerprint density at radius 2 is 2.50 bits per heavy atom. The van der Waals surface area contributed by atoms with Gasteiger partial charge < -0.3 is 5.32 Å². The maximum absolute atomic E-state index is 4.18. The molecule has 0 bridgehead atoms. The van der Waals surface area contributed by atoms with E-state index in [2.05, 4.69) is 22.3 Å². The predicted octanol–water partition coefficient (Wildman–Crippen LogP) is 1.09. The average Bonchev–Trinajstić information content (AvgIpc) is 2.78. The van der Waals surface area contributed by atoms with Crippen LogP contribution in [0.5, 0.6) is 0 Å². The number of rotatable bonds is 5. The van der Waals surface area contributed by atoms with Gasteiger partial charge in [0.15, 0.2) is 0 Å². The number of nitrogens with one attached hydrogen (secondary N) is 1. The third-order valence-corrected chi connectivity index (χ3v) is 2.91. The number of aryl methyl sites for hydroxylation is 1. The Kier molecular flexibility index (Phi) is 2.82. The van der Waals surface area contributed by atoms with Crippen molar-refractivity contribution >= 4 is 0 Å². The Balaban J connectivity index is 1.72. The fraction of sp³-hybridized carbons (Fsp3) is 0.800. The molecular weight excluding hydrogens is 176 g/mol. The number of hydrogen-bond acceptors (Lipinski definition) is 3. The second-order valence-corrected chi connectivity index (χ2v) is 4.07. The molecule has 1 aromatic rings. The zero-order valence-corrected chi connectivity index (χ0v) is 8.90. The summed E-state index contributed by atoms with van der Waals surface area (Å²) in [5, 5.41) is 7.55. The van der Waals surface area contributed by atoms with Crippen molar-refractivity contribution in [3.8, 4) is 0 Å². The minimum Gasteiger partial charge on any atom is -0.307 e. The lowest BCUT2D eigenvalue weighted by atomic mass is 10.2. The van der Waals surface area contributed by atoms with Crippen LogP contribution in [-0.2, 0) is 13.6 Å². The van der Waals surface area contributed by atoms with Crippen LogP contribution in [0, 0.1) is 5.92 Å². The summed E-state index contributed by atoms with van der Waals surface area (Å²) in [5.74, 6) is 1.93. The first-order chi connectivity index (χ1) is 6.81. The minimum atomic E-state index is 0.728. The molecule has 2 unspecified atom stereocenters. The molecule has 0 radical (unpaired) electrons. The predicted molar refractivity (Wildman–Crippen MR) is 54.6 cm³/mol. The van der Waals surface area contributed by atoms with Crippen LogP contribution in [0.2, 0.25) is 0 Å². The van der Waals surface area contributed by atoms with Crippen LogP contribution in [0.1, 0.15) is 32.0 Å². The summed E-state index contributed by atoms with van der Waals surface area (Å²) in [6.45, 7) is 3.10. The Labute approximate surface area is 84.7 Å². The highest BCUT2D eigenvalue weighted by molar-refractivity contribution is 4.94. The van der Waals surface area contributed by atoms with Gasteiger partial charge in [0.05, 0.1) is 6.54 Å². The quantitative estimate of drug-likeness (QED) is 0.763. The molecule has 2 atom stereocenters. The van der Waals surface area contributed by atoms with E-state index < -0.39 is 0 Å². The largest absolute Gasteiger partial charge is 0.307 e. The highest BCUT2D eigenvalue weighted by Gasteiger charge is 2.35. The molecule has 78 valence electrons. The summed E-state index contributed by atoms with van der Waals surface area (Å²) in [6.07, 6.45) is 5.60. The third-order valence-electron chi connectivity index (χ3n) is 2.91. The van der Waals surface area contributed by atoms with Gasteiger partial charge >= 0.3 is 0 Å². The second kappa shape index (κ2) is 4.09. The van der Waals surface area contributed by atoms with E-state index in [1.54, 1.807) is 6.33 Å². The molecule has 0 saturated heterocycles. The van der Waals surface area contributed by atoms with Crippen molar-refractivity contribution in [1.82, 2.24) is 20.1 Å². The summed E-state index contributed by atoms with van der Waals surface area (Å²) >= 11 is 0. The molecule has 1 aromatic heterocycles. The molecule has 1 saturated carbocycles. The minimum absolute atomic E-state index is 0.728. The van der Waals surface area contributed by atoms with E-state index in [0.29, 0.717) is 0 Å². The van der Waals surface area contributed by atoms with Gasteiger partial charge in [-0.25, -0.2) is 4.98 Å². The summed E-state index contributed by atoms with van der Waals surface area (Å²) in [5.41, 5.74) is 0. The van der Waals surface area contributed by atoms with E-state index in [1.807, 2.05) is 11.7 Å². The van der Waals surface area contributed by atoms with Crippen molar-refractivity contribution in [2.24, 2.45) is 13.0 Å². The molecule has 4 nitrogen and oxygen atoms in total. The van der Waals surface area contributed by atoms with Crippen LogP contribution < -0.4 is 5.32 Å². The highest BCUT2D eigenvalue weighted by atomic mass is 15.3. The Morgan fingerprint density at radius 3 is 3.14 bits per heavy atom. The normalized spacial score (nSPS) is 25.3. The summed E-state index contributed by atoms with van der Waals surface area (Å²) in [7, 11) is 1.93. The van der Waals surface area contributed by atoms with E-state index in [-0.39, 0.29) is 0 Å². The molecule has 1 heterocycles. The fourth-order valence-electron chi connectivity index (χ4n) is 1.89. The van der Waals surface area contributed by atoms with Crippen molar-refractivity contribution in [2.75, 3.05) is 0 Å². The Morgan fingerprint density at radius 1 is 1.64 bits per heavy atom. The van der Waals surface area contributed by atoms with Crippen LogP contribution in [0.4, 0.5) is 0 Å². The summed E-state index contributed by atoms with van der Waals surface area (Å²) < 4.78 is 1.82. The van der Waals surface area contributed by atoms with Crippen LogP contribution in [-0.4, -0.2) is 20.8 Å². The molecule has 0 spiro atoms. The fourth-order valence-corrected chi connectivity index (χ4v) is 1.89. The number of nitrogens with zero attached hydrogens (tertiary/aromatic N) is 3. The van der Waals surface area contributed by atoms with Gasteiger partial charge in [-0.15, -0.1) is 0 Å². The van der Waals surface area contributed by atoms with Gasteiger partial charge in [0, 0.05) is 13.1 Å². The third kappa shape index (κ3) is 2.12. The lowest BCUT2D eigenvalue weighted by molar-refractivity contribution is 0.568. The van der Waals surface area contributed by atoms with Crippen molar-refractivity contribution in [3.63, 3.8) is 0 Å². The molecular formula is C10H18N4. The van der Waals surface area contributed by atoms with Gasteiger partial charge in [0.25, 0.3) is 0 Å². The van der Waals surface area contributed by atoms with Crippen LogP contribution in [0.15, 0.2) is 6.33 Å². The highest BCUT2D eigenvalue weighted by Crippen LogP contribution is 2.34. The maximum Gasteiger partial charge on any atom is 0.140 e. The lowest BCUT2D eigenvalue weighted by Gasteiger charge is -2.02. The van der Waals surface area contributed by atoms with E-state index >= 15 is 0 Å². The monoisotopic (exact) mass is 194 g/mol. The zero-order chi connectivity index (χ0) is 9.97. The van der Waals surface area contributed by atoms with Gasteiger partial charge in [-0.1, -0.05) is 13.3 Å². The SMILES string of the molecule is CCCC1CC1NCc1ncnn1C. The van der Waals surface area contributed by atoms with Crippen molar-refractivity contribution in [1.29, 1.82) is 0 Å². The molecule has 0 aliphatic heterocycles. The molecule has 0 amide bonds. The van der Waals surface area contributed by atoms with E-state index in [0.717, 1.165) is 24.3 Å². The maximum atomic E-state index is 4.18.